The maximum Gasteiger partial charge on any atom is 0.182 e. The number of thiazole rings is 1. The Morgan fingerprint density at radius 2 is 1.94 bits per heavy atom. The van der Waals surface area contributed by atoms with E-state index < -0.39 is 0 Å². The van der Waals surface area contributed by atoms with Crippen molar-refractivity contribution in [1.29, 1.82) is 0 Å². The van der Waals surface area contributed by atoms with E-state index in [9.17, 15) is 9.59 Å². The number of rotatable bonds is 7. The van der Waals surface area contributed by atoms with Crippen molar-refractivity contribution in [3.63, 3.8) is 0 Å². The third-order valence-corrected chi connectivity index (χ3v) is 3.69. The summed E-state index contributed by atoms with van der Waals surface area (Å²) in [6, 6.07) is 0. The van der Waals surface area contributed by atoms with Crippen molar-refractivity contribution >= 4 is 22.9 Å². The van der Waals surface area contributed by atoms with Gasteiger partial charge in [-0.05, 0) is 20.3 Å². The topological polar surface area (TPSA) is 47.0 Å². The van der Waals surface area contributed by atoms with Gasteiger partial charge in [-0.3, -0.25) is 9.59 Å². The second kappa shape index (κ2) is 6.64. The molecule has 4 heteroatoms. The highest BCUT2D eigenvalue weighted by Crippen LogP contribution is 2.19. The van der Waals surface area contributed by atoms with Crippen molar-refractivity contribution in [3.05, 3.63) is 15.6 Å². The standard InChI is InChI=1S/C13H19NO2S/c1-4-5-6-7-11(15)8-12(16)13-9(2)14-10(3)17-13/h4-8H2,1-3H3. The molecule has 0 bridgehead atoms. The summed E-state index contributed by atoms with van der Waals surface area (Å²) in [7, 11) is 0. The van der Waals surface area contributed by atoms with E-state index in [0.29, 0.717) is 11.3 Å². The largest absolute Gasteiger partial charge is 0.299 e. The maximum absolute atomic E-state index is 11.9. The van der Waals surface area contributed by atoms with Crippen molar-refractivity contribution in [2.75, 3.05) is 0 Å². The van der Waals surface area contributed by atoms with Crippen LogP contribution in [0.25, 0.3) is 0 Å². The van der Waals surface area contributed by atoms with Crippen molar-refractivity contribution in [3.8, 4) is 0 Å². The molecule has 3 nitrogen and oxygen atoms in total. The Balaban J connectivity index is 2.49. The van der Waals surface area contributed by atoms with Crippen LogP contribution in [-0.2, 0) is 4.79 Å². The zero-order chi connectivity index (χ0) is 12.8. The van der Waals surface area contributed by atoms with Gasteiger partial charge in [-0.25, -0.2) is 4.98 Å². The average molecular weight is 253 g/mol. The highest BCUT2D eigenvalue weighted by atomic mass is 32.1. The first-order valence-corrected chi connectivity index (χ1v) is 6.85. The molecule has 0 spiro atoms. The second-order valence-electron chi connectivity index (χ2n) is 4.24. The van der Waals surface area contributed by atoms with Gasteiger partial charge in [0.1, 0.15) is 5.78 Å². The molecule has 94 valence electrons. The van der Waals surface area contributed by atoms with Crippen molar-refractivity contribution in [2.24, 2.45) is 0 Å². The third kappa shape index (κ3) is 4.38. The van der Waals surface area contributed by atoms with Gasteiger partial charge in [0, 0.05) is 6.42 Å². The van der Waals surface area contributed by atoms with Gasteiger partial charge in [-0.1, -0.05) is 19.8 Å². The molecular formula is C13H19NO2S. The van der Waals surface area contributed by atoms with E-state index in [1.54, 1.807) is 0 Å². The summed E-state index contributed by atoms with van der Waals surface area (Å²) in [5.74, 6) is -0.0245. The minimum atomic E-state index is -0.0744. The van der Waals surface area contributed by atoms with E-state index >= 15 is 0 Å². The number of carbonyl (C=O) groups is 2. The third-order valence-electron chi connectivity index (χ3n) is 2.57. The summed E-state index contributed by atoms with van der Waals surface area (Å²) < 4.78 is 0. The Bertz CT molecular complexity index is 410. The summed E-state index contributed by atoms with van der Waals surface area (Å²) in [6.07, 6.45) is 3.60. The lowest BCUT2D eigenvalue weighted by molar-refractivity contribution is -0.118. The van der Waals surface area contributed by atoms with Crippen LogP contribution in [0, 0.1) is 13.8 Å². The summed E-state index contributed by atoms with van der Waals surface area (Å²) in [6.45, 7) is 5.79. The minimum Gasteiger partial charge on any atom is -0.299 e. The number of nitrogens with zero attached hydrogens (tertiary/aromatic N) is 1. The molecule has 0 saturated carbocycles. The summed E-state index contributed by atoms with van der Waals surface area (Å²) in [5, 5.41) is 0.879. The Morgan fingerprint density at radius 3 is 2.47 bits per heavy atom. The molecule has 0 atom stereocenters. The van der Waals surface area contributed by atoms with Crippen LogP contribution in [0.1, 0.15) is 59.4 Å². The van der Waals surface area contributed by atoms with Crippen LogP contribution in [0.5, 0.6) is 0 Å². The predicted octanol–water partition coefficient (Wildman–Crippen LogP) is 3.48. The summed E-state index contributed by atoms with van der Waals surface area (Å²) in [4.78, 5) is 28.3. The Hall–Kier alpha value is -1.03. The molecule has 0 fully saturated rings. The number of aryl methyl sites for hydroxylation is 2. The molecule has 1 aromatic rings. The van der Waals surface area contributed by atoms with Gasteiger partial charge in [-0.2, -0.15) is 0 Å². The highest BCUT2D eigenvalue weighted by molar-refractivity contribution is 7.13. The molecule has 17 heavy (non-hydrogen) atoms. The van der Waals surface area contributed by atoms with E-state index in [4.69, 9.17) is 0 Å². The molecule has 0 aliphatic carbocycles. The van der Waals surface area contributed by atoms with Crippen LogP contribution in [0.4, 0.5) is 0 Å². The van der Waals surface area contributed by atoms with Crippen LogP contribution >= 0.6 is 11.3 Å². The van der Waals surface area contributed by atoms with Gasteiger partial charge >= 0.3 is 0 Å². The first-order chi connectivity index (χ1) is 8.04. The van der Waals surface area contributed by atoms with E-state index in [1.165, 1.54) is 11.3 Å². The number of hydrogen-bond donors (Lipinski definition) is 0. The SMILES string of the molecule is CCCCCC(=O)CC(=O)c1sc(C)nc1C. The van der Waals surface area contributed by atoms with Crippen LogP contribution < -0.4 is 0 Å². The van der Waals surface area contributed by atoms with Crippen LogP contribution in [-0.4, -0.2) is 16.6 Å². The van der Waals surface area contributed by atoms with Gasteiger partial charge < -0.3 is 0 Å². The molecule has 1 heterocycles. The lowest BCUT2D eigenvalue weighted by Crippen LogP contribution is -2.07. The Morgan fingerprint density at radius 1 is 1.24 bits per heavy atom. The zero-order valence-corrected chi connectivity index (χ0v) is 11.5. The van der Waals surface area contributed by atoms with Gasteiger partial charge in [0.25, 0.3) is 0 Å². The molecule has 0 amide bonds. The molecular weight excluding hydrogens is 234 g/mol. The van der Waals surface area contributed by atoms with Crippen LogP contribution in [0.3, 0.4) is 0 Å². The average Bonchev–Trinajstić information content (AvgIpc) is 2.58. The normalized spacial score (nSPS) is 10.5. The van der Waals surface area contributed by atoms with Crippen molar-refractivity contribution < 1.29 is 9.59 Å². The van der Waals surface area contributed by atoms with Crippen LogP contribution in [0.2, 0.25) is 0 Å². The fourth-order valence-electron chi connectivity index (χ4n) is 1.71. The van der Waals surface area contributed by atoms with Gasteiger partial charge in [-0.15, -0.1) is 11.3 Å². The van der Waals surface area contributed by atoms with E-state index in [0.717, 1.165) is 30.0 Å². The van der Waals surface area contributed by atoms with E-state index in [1.807, 2.05) is 13.8 Å². The second-order valence-corrected chi connectivity index (χ2v) is 5.45. The fourth-order valence-corrected chi connectivity index (χ4v) is 2.57. The zero-order valence-electron chi connectivity index (χ0n) is 10.7. The maximum atomic E-state index is 11.9. The summed E-state index contributed by atoms with van der Waals surface area (Å²) in [5.41, 5.74) is 0.749. The fraction of sp³-hybridized carbons (Fsp3) is 0.615. The quantitative estimate of drug-likeness (QED) is 0.424. The smallest absolute Gasteiger partial charge is 0.182 e. The van der Waals surface area contributed by atoms with Crippen molar-refractivity contribution in [2.45, 2.75) is 52.9 Å². The van der Waals surface area contributed by atoms with Gasteiger partial charge in [0.2, 0.25) is 0 Å². The lowest BCUT2D eigenvalue weighted by atomic mass is 10.1. The van der Waals surface area contributed by atoms with Gasteiger partial charge in [0.15, 0.2) is 5.78 Å². The lowest BCUT2D eigenvalue weighted by Gasteiger charge is -1.99. The number of Topliss-reactive ketones (excluding diaryl/α,β-unsaturated/α-hetero) is 2. The predicted molar refractivity (Wildman–Crippen MR) is 69.7 cm³/mol. The molecule has 0 aromatic carbocycles. The Kier molecular flexibility index (Phi) is 5.48. The number of unbranched alkanes of at least 4 members (excludes halogenated alkanes) is 2. The Labute approximate surface area is 106 Å². The number of ketones is 2. The molecule has 0 aliphatic rings. The van der Waals surface area contributed by atoms with E-state index in [2.05, 4.69) is 11.9 Å². The monoisotopic (exact) mass is 253 g/mol. The molecule has 1 aromatic heterocycles. The molecule has 0 radical (unpaired) electrons. The molecule has 0 N–H and O–H groups in total. The summed E-state index contributed by atoms with van der Waals surface area (Å²) >= 11 is 1.38. The minimum absolute atomic E-state index is 0.0339. The number of carbonyl (C=O) groups excluding carboxylic acids is 2. The van der Waals surface area contributed by atoms with E-state index in [-0.39, 0.29) is 18.0 Å². The van der Waals surface area contributed by atoms with Gasteiger partial charge in [0.05, 0.1) is 22.0 Å². The first kappa shape index (κ1) is 14.0. The molecule has 0 saturated heterocycles. The molecule has 1 rings (SSSR count). The molecule has 0 unspecified atom stereocenters. The number of hydrogen-bond acceptors (Lipinski definition) is 4. The van der Waals surface area contributed by atoms with Crippen LogP contribution in [0.15, 0.2) is 0 Å². The molecule has 0 aliphatic heterocycles. The first-order valence-electron chi connectivity index (χ1n) is 6.03. The highest BCUT2D eigenvalue weighted by Gasteiger charge is 2.16. The number of aromatic nitrogens is 1. The van der Waals surface area contributed by atoms with Crippen molar-refractivity contribution in [1.82, 2.24) is 4.98 Å².